The fraction of sp³-hybridized carbons (Fsp3) is 0.619. The van der Waals surface area contributed by atoms with Gasteiger partial charge in [-0.1, -0.05) is 43.3 Å². The van der Waals surface area contributed by atoms with E-state index < -0.39 is 12.2 Å². The normalized spacial score (nSPS) is 15.7. The molecule has 1 aromatic rings. The largest absolute Gasteiger partial charge is 0.396 e. The van der Waals surface area contributed by atoms with Gasteiger partial charge >= 0.3 is 0 Å². The van der Waals surface area contributed by atoms with E-state index in [1.807, 2.05) is 37.3 Å². The fourth-order valence-electron chi connectivity index (χ4n) is 2.64. The van der Waals surface area contributed by atoms with Gasteiger partial charge in [-0.3, -0.25) is 0 Å². The molecule has 28 heavy (non-hydrogen) atoms. The summed E-state index contributed by atoms with van der Waals surface area (Å²) in [5.74, 6) is 0.0234. The van der Waals surface area contributed by atoms with Crippen LogP contribution < -0.4 is 0 Å². The van der Waals surface area contributed by atoms with Crippen LogP contribution in [0.4, 0.5) is 0 Å². The second kappa shape index (κ2) is 15.6. The van der Waals surface area contributed by atoms with Crippen molar-refractivity contribution in [1.29, 1.82) is 0 Å². The van der Waals surface area contributed by atoms with Gasteiger partial charge in [0.1, 0.15) is 32.6 Å². The molecule has 0 radical (unpaired) electrons. The Bertz CT molecular complexity index is 497. The monoisotopic (exact) mass is 398 g/mol. The van der Waals surface area contributed by atoms with Crippen molar-refractivity contribution in [3.05, 3.63) is 48.6 Å². The first-order valence-electron chi connectivity index (χ1n) is 9.34. The number of hydrogen-bond donors (Lipinski definition) is 1. The van der Waals surface area contributed by atoms with Crippen LogP contribution in [0.25, 0.3) is 0 Å². The van der Waals surface area contributed by atoms with Gasteiger partial charge in [0.15, 0.2) is 0 Å². The van der Waals surface area contributed by atoms with Crippen LogP contribution in [-0.4, -0.2) is 64.6 Å². The molecule has 0 aliphatic rings. The van der Waals surface area contributed by atoms with Crippen molar-refractivity contribution in [3.8, 4) is 0 Å². The number of rotatable bonds is 17. The van der Waals surface area contributed by atoms with Crippen LogP contribution in [0, 0.1) is 5.92 Å². The van der Waals surface area contributed by atoms with Crippen LogP contribution >= 0.6 is 0 Å². The molecule has 0 spiro atoms. The van der Waals surface area contributed by atoms with Gasteiger partial charge in [0, 0.05) is 20.8 Å². The van der Waals surface area contributed by atoms with Crippen LogP contribution in [-0.2, 0) is 35.0 Å². The zero-order valence-electron chi connectivity index (χ0n) is 17.1. The molecular weight excluding hydrogens is 364 g/mol. The topological polar surface area (TPSA) is 75.6 Å². The summed E-state index contributed by atoms with van der Waals surface area (Å²) in [5.41, 5.74) is 1.06. The predicted octanol–water partition coefficient (Wildman–Crippen LogP) is 2.73. The van der Waals surface area contributed by atoms with E-state index in [-0.39, 0.29) is 39.0 Å². The zero-order valence-corrected chi connectivity index (χ0v) is 17.1. The average molecular weight is 398 g/mol. The summed E-state index contributed by atoms with van der Waals surface area (Å²) in [6, 6.07) is 9.85. The molecule has 0 aromatic heterocycles. The lowest BCUT2D eigenvalue weighted by molar-refractivity contribution is -0.204. The minimum absolute atomic E-state index is 0.0234. The lowest BCUT2D eigenvalue weighted by Gasteiger charge is -2.32. The summed E-state index contributed by atoms with van der Waals surface area (Å²) >= 11 is 0. The SMILES string of the molecule is C=C[C@@H](OCOCc1ccccc1)[C@H](OCOC)[C@H](C[C@H](C)CO)OCOC. The van der Waals surface area contributed by atoms with E-state index in [1.54, 1.807) is 20.3 Å². The van der Waals surface area contributed by atoms with Crippen LogP contribution in [0.3, 0.4) is 0 Å². The highest BCUT2D eigenvalue weighted by Gasteiger charge is 2.32. The third-order valence-electron chi connectivity index (χ3n) is 4.10. The molecular formula is C21H34O7. The summed E-state index contributed by atoms with van der Waals surface area (Å²) in [6.45, 7) is 6.52. The summed E-state index contributed by atoms with van der Waals surface area (Å²) in [7, 11) is 3.10. The number of aliphatic hydroxyl groups excluding tert-OH is 1. The summed E-state index contributed by atoms with van der Waals surface area (Å²) in [6.07, 6.45) is 0.848. The Labute approximate surface area is 168 Å². The van der Waals surface area contributed by atoms with Crippen molar-refractivity contribution in [1.82, 2.24) is 0 Å². The first-order chi connectivity index (χ1) is 13.7. The van der Waals surface area contributed by atoms with E-state index in [2.05, 4.69) is 6.58 Å². The van der Waals surface area contributed by atoms with Gasteiger partial charge < -0.3 is 33.5 Å². The second-order valence-corrected chi connectivity index (χ2v) is 6.49. The molecule has 0 saturated heterocycles. The standard InChI is InChI=1S/C21H34O7/c1-5-19(27-16-25-13-18-9-7-6-8-10-18)21(28-15-24-4)20(26-14-23-3)11-17(2)12-22/h5-10,17,19-22H,1,11-16H2,2-4H3/t17-,19+,20-,21-/m0/s1. The Hall–Kier alpha value is -1.32. The average Bonchev–Trinajstić information content (AvgIpc) is 2.73. The molecule has 0 bridgehead atoms. The number of hydrogen-bond acceptors (Lipinski definition) is 7. The van der Waals surface area contributed by atoms with E-state index in [9.17, 15) is 5.11 Å². The molecule has 4 atom stereocenters. The number of aliphatic hydroxyl groups is 1. The highest BCUT2D eigenvalue weighted by molar-refractivity contribution is 5.13. The minimum Gasteiger partial charge on any atom is -0.396 e. The second-order valence-electron chi connectivity index (χ2n) is 6.49. The molecule has 0 saturated carbocycles. The summed E-state index contributed by atoms with van der Waals surface area (Å²) in [4.78, 5) is 0. The number of benzene rings is 1. The molecule has 7 nitrogen and oxygen atoms in total. The van der Waals surface area contributed by atoms with Crippen molar-refractivity contribution >= 4 is 0 Å². The highest BCUT2D eigenvalue weighted by atomic mass is 16.7. The van der Waals surface area contributed by atoms with E-state index in [0.29, 0.717) is 13.0 Å². The van der Waals surface area contributed by atoms with Crippen molar-refractivity contribution in [2.45, 2.75) is 38.3 Å². The zero-order chi connectivity index (χ0) is 20.6. The van der Waals surface area contributed by atoms with Gasteiger partial charge in [-0.2, -0.15) is 0 Å². The van der Waals surface area contributed by atoms with Gasteiger partial charge in [0.05, 0.1) is 12.7 Å². The molecule has 1 rings (SSSR count). The van der Waals surface area contributed by atoms with Crippen molar-refractivity contribution in [2.24, 2.45) is 5.92 Å². The maximum Gasteiger partial charge on any atom is 0.148 e. The predicted molar refractivity (Wildman–Crippen MR) is 106 cm³/mol. The lowest BCUT2D eigenvalue weighted by atomic mass is 9.97. The van der Waals surface area contributed by atoms with E-state index in [4.69, 9.17) is 28.4 Å². The lowest BCUT2D eigenvalue weighted by Crippen LogP contribution is -2.44. The van der Waals surface area contributed by atoms with Gasteiger partial charge in [-0.25, -0.2) is 0 Å². The first kappa shape index (κ1) is 24.7. The molecule has 0 heterocycles. The molecule has 7 heteroatoms. The van der Waals surface area contributed by atoms with Crippen LogP contribution in [0.15, 0.2) is 43.0 Å². The molecule has 0 aliphatic heterocycles. The first-order valence-corrected chi connectivity index (χ1v) is 9.34. The Morgan fingerprint density at radius 3 is 2.29 bits per heavy atom. The smallest absolute Gasteiger partial charge is 0.148 e. The van der Waals surface area contributed by atoms with Gasteiger partial charge in [-0.15, -0.1) is 6.58 Å². The van der Waals surface area contributed by atoms with Crippen LogP contribution in [0.1, 0.15) is 18.9 Å². The van der Waals surface area contributed by atoms with Crippen LogP contribution in [0.2, 0.25) is 0 Å². The van der Waals surface area contributed by atoms with Crippen molar-refractivity contribution in [3.63, 3.8) is 0 Å². The molecule has 1 N–H and O–H groups in total. The molecule has 0 aliphatic carbocycles. The number of methoxy groups -OCH3 is 2. The highest BCUT2D eigenvalue weighted by Crippen LogP contribution is 2.20. The third kappa shape index (κ3) is 9.75. The Morgan fingerprint density at radius 2 is 1.68 bits per heavy atom. The molecule has 1 aromatic carbocycles. The maximum absolute atomic E-state index is 9.42. The Balaban J connectivity index is 2.69. The van der Waals surface area contributed by atoms with Crippen LogP contribution in [0.5, 0.6) is 0 Å². The van der Waals surface area contributed by atoms with Gasteiger partial charge in [0.25, 0.3) is 0 Å². The molecule has 0 unspecified atom stereocenters. The van der Waals surface area contributed by atoms with Crippen molar-refractivity contribution in [2.75, 3.05) is 41.2 Å². The molecule has 160 valence electrons. The minimum atomic E-state index is -0.498. The summed E-state index contributed by atoms with van der Waals surface area (Å²) in [5, 5.41) is 9.42. The summed E-state index contributed by atoms with van der Waals surface area (Å²) < 4.78 is 33.2. The third-order valence-corrected chi connectivity index (χ3v) is 4.10. The Morgan fingerprint density at radius 1 is 1.00 bits per heavy atom. The van der Waals surface area contributed by atoms with Gasteiger partial charge in [0.2, 0.25) is 0 Å². The Kier molecular flexibility index (Phi) is 13.8. The number of ether oxygens (including phenoxy) is 6. The fourth-order valence-corrected chi connectivity index (χ4v) is 2.64. The molecule has 0 fully saturated rings. The van der Waals surface area contributed by atoms with E-state index >= 15 is 0 Å². The van der Waals surface area contributed by atoms with E-state index in [1.165, 1.54) is 0 Å². The van der Waals surface area contributed by atoms with E-state index in [0.717, 1.165) is 5.56 Å². The maximum atomic E-state index is 9.42. The van der Waals surface area contributed by atoms with Gasteiger partial charge in [-0.05, 0) is 17.9 Å². The molecule has 0 amide bonds. The van der Waals surface area contributed by atoms with Crippen molar-refractivity contribution < 1.29 is 33.5 Å². The quantitative estimate of drug-likeness (QED) is 0.246.